The van der Waals surface area contributed by atoms with Gasteiger partial charge in [0.25, 0.3) is 0 Å². The first-order valence-corrected chi connectivity index (χ1v) is 6.32. The lowest BCUT2D eigenvalue weighted by molar-refractivity contribution is 0.0841. The van der Waals surface area contributed by atoms with Crippen LogP contribution in [0.3, 0.4) is 0 Å². The first-order valence-electron chi connectivity index (χ1n) is 6.32. The molecule has 0 radical (unpaired) electrons. The van der Waals surface area contributed by atoms with E-state index in [0.717, 1.165) is 6.42 Å². The summed E-state index contributed by atoms with van der Waals surface area (Å²) in [4.78, 5) is 0. The van der Waals surface area contributed by atoms with Gasteiger partial charge in [-0.3, -0.25) is 0 Å². The largest absolute Gasteiger partial charge is 0.396 e. The van der Waals surface area contributed by atoms with Crippen LogP contribution in [0, 0.1) is 25.2 Å². The zero-order valence-electron chi connectivity index (χ0n) is 11.5. The molecule has 2 heteroatoms. The first kappa shape index (κ1) is 14.2. The molecule has 17 heavy (non-hydrogen) atoms. The third-order valence-electron chi connectivity index (χ3n) is 3.99. The van der Waals surface area contributed by atoms with E-state index in [1.54, 1.807) is 0 Å². The van der Waals surface area contributed by atoms with Crippen molar-refractivity contribution in [3.63, 3.8) is 0 Å². The molecule has 0 aliphatic carbocycles. The van der Waals surface area contributed by atoms with Crippen LogP contribution in [0.15, 0.2) is 18.2 Å². The van der Waals surface area contributed by atoms with Gasteiger partial charge in [0.1, 0.15) is 0 Å². The predicted molar refractivity (Wildman–Crippen MR) is 73.0 cm³/mol. The number of aryl methyl sites for hydroxylation is 2. The van der Waals surface area contributed by atoms with Crippen LogP contribution < -0.4 is 5.73 Å². The topological polar surface area (TPSA) is 46.2 Å². The Morgan fingerprint density at radius 3 is 2.41 bits per heavy atom. The summed E-state index contributed by atoms with van der Waals surface area (Å²) >= 11 is 0. The van der Waals surface area contributed by atoms with Crippen LogP contribution in [0.25, 0.3) is 0 Å². The maximum absolute atomic E-state index is 9.69. The molecule has 0 saturated carbocycles. The fourth-order valence-electron chi connectivity index (χ4n) is 2.19. The minimum atomic E-state index is -0.196. The summed E-state index contributed by atoms with van der Waals surface area (Å²) in [5, 5.41) is 9.69. The van der Waals surface area contributed by atoms with E-state index in [0.29, 0.717) is 12.5 Å². The van der Waals surface area contributed by atoms with E-state index in [1.165, 1.54) is 16.7 Å². The lowest BCUT2D eigenvalue weighted by Gasteiger charge is -2.35. The molecule has 1 atom stereocenters. The Kier molecular flexibility index (Phi) is 4.72. The monoisotopic (exact) mass is 235 g/mol. The Labute approximate surface area is 105 Å². The molecule has 0 heterocycles. The molecule has 1 aromatic rings. The molecule has 1 rings (SSSR count). The van der Waals surface area contributed by atoms with Crippen molar-refractivity contribution >= 4 is 0 Å². The standard InChI is InChI=1S/C15H25NO/c1-11(2)15(9-16,10-17)8-14-7-12(3)5-6-13(14)4/h5-7,11,17H,8-10,16H2,1-4H3. The van der Waals surface area contributed by atoms with E-state index < -0.39 is 0 Å². The highest BCUT2D eigenvalue weighted by Crippen LogP contribution is 2.31. The fourth-order valence-corrected chi connectivity index (χ4v) is 2.19. The Balaban J connectivity index is 3.05. The van der Waals surface area contributed by atoms with Gasteiger partial charge in [-0.1, -0.05) is 37.6 Å². The van der Waals surface area contributed by atoms with E-state index in [-0.39, 0.29) is 12.0 Å². The maximum Gasteiger partial charge on any atom is 0.0505 e. The molecule has 0 saturated heterocycles. The molecule has 0 spiro atoms. The molecule has 0 amide bonds. The second-order valence-corrected chi connectivity index (χ2v) is 5.49. The van der Waals surface area contributed by atoms with Gasteiger partial charge in [-0.05, 0) is 37.3 Å². The average molecular weight is 235 g/mol. The van der Waals surface area contributed by atoms with Crippen molar-refractivity contribution in [2.24, 2.45) is 17.1 Å². The SMILES string of the molecule is Cc1ccc(C)c(CC(CN)(CO)C(C)C)c1. The van der Waals surface area contributed by atoms with Crippen molar-refractivity contribution in [1.82, 2.24) is 0 Å². The molecule has 0 bridgehead atoms. The van der Waals surface area contributed by atoms with Gasteiger partial charge in [0.15, 0.2) is 0 Å². The summed E-state index contributed by atoms with van der Waals surface area (Å²) < 4.78 is 0. The molecule has 96 valence electrons. The Morgan fingerprint density at radius 1 is 1.29 bits per heavy atom. The van der Waals surface area contributed by atoms with Gasteiger partial charge in [0, 0.05) is 12.0 Å². The Morgan fingerprint density at radius 2 is 1.94 bits per heavy atom. The molecule has 1 aromatic carbocycles. The van der Waals surface area contributed by atoms with Gasteiger partial charge in [-0.15, -0.1) is 0 Å². The molecular formula is C15H25NO. The normalized spacial score (nSPS) is 15.0. The zero-order chi connectivity index (χ0) is 13.1. The third kappa shape index (κ3) is 3.08. The summed E-state index contributed by atoms with van der Waals surface area (Å²) in [5.74, 6) is 0.373. The summed E-state index contributed by atoms with van der Waals surface area (Å²) in [5.41, 5.74) is 9.55. The first-order chi connectivity index (χ1) is 7.95. The highest BCUT2D eigenvalue weighted by atomic mass is 16.3. The molecule has 0 aliphatic rings. The van der Waals surface area contributed by atoms with Crippen LogP contribution in [-0.2, 0) is 6.42 Å². The number of aliphatic hydroxyl groups excluding tert-OH is 1. The number of nitrogens with two attached hydrogens (primary N) is 1. The van der Waals surface area contributed by atoms with Crippen molar-refractivity contribution in [2.75, 3.05) is 13.2 Å². The smallest absolute Gasteiger partial charge is 0.0505 e. The van der Waals surface area contributed by atoms with Crippen LogP contribution in [0.1, 0.15) is 30.5 Å². The van der Waals surface area contributed by atoms with Crippen molar-refractivity contribution < 1.29 is 5.11 Å². The van der Waals surface area contributed by atoms with Gasteiger partial charge < -0.3 is 10.8 Å². The van der Waals surface area contributed by atoms with Crippen molar-refractivity contribution in [1.29, 1.82) is 0 Å². The number of hydrogen-bond acceptors (Lipinski definition) is 2. The number of benzene rings is 1. The third-order valence-corrected chi connectivity index (χ3v) is 3.99. The Hall–Kier alpha value is -0.860. The van der Waals surface area contributed by atoms with Crippen LogP contribution in [0.5, 0.6) is 0 Å². The van der Waals surface area contributed by atoms with Crippen molar-refractivity contribution in [3.05, 3.63) is 34.9 Å². The Bertz CT molecular complexity index is 367. The summed E-state index contributed by atoms with van der Waals surface area (Å²) in [6, 6.07) is 6.47. The second kappa shape index (κ2) is 5.65. The number of aliphatic hydroxyl groups is 1. The highest BCUT2D eigenvalue weighted by Gasteiger charge is 2.32. The quantitative estimate of drug-likeness (QED) is 0.823. The number of rotatable bonds is 5. The van der Waals surface area contributed by atoms with Gasteiger partial charge >= 0.3 is 0 Å². The summed E-state index contributed by atoms with van der Waals surface area (Å²) in [6.07, 6.45) is 0.852. The predicted octanol–water partition coefficient (Wildman–Crippen LogP) is 2.44. The molecule has 0 aromatic heterocycles. The highest BCUT2D eigenvalue weighted by molar-refractivity contribution is 5.31. The van der Waals surface area contributed by atoms with E-state index in [9.17, 15) is 5.11 Å². The molecular weight excluding hydrogens is 210 g/mol. The molecule has 0 aliphatic heterocycles. The lowest BCUT2D eigenvalue weighted by atomic mass is 9.72. The minimum Gasteiger partial charge on any atom is -0.396 e. The van der Waals surface area contributed by atoms with Crippen LogP contribution in [0.2, 0.25) is 0 Å². The average Bonchev–Trinajstić information content (AvgIpc) is 2.30. The van der Waals surface area contributed by atoms with Gasteiger partial charge in [0.2, 0.25) is 0 Å². The van der Waals surface area contributed by atoms with E-state index in [4.69, 9.17) is 5.73 Å². The summed E-state index contributed by atoms with van der Waals surface area (Å²) in [7, 11) is 0. The van der Waals surface area contributed by atoms with E-state index in [2.05, 4.69) is 45.9 Å². The van der Waals surface area contributed by atoms with Crippen molar-refractivity contribution in [3.8, 4) is 0 Å². The van der Waals surface area contributed by atoms with Crippen LogP contribution >= 0.6 is 0 Å². The van der Waals surface area contributed by atoms with Crippen LogP contribution in [-0.4, -0.2) is 18.3 Å². The molecule has 0 fully saturated rings. The zero-order valence-corrected chi connectivity index (χ0v) is 11.5. The van der Waals surface area contributed by atoms with Gasteiger partial charge in [0.05, 0.1) is 6.61 Å². The molecule has 1 unspecified atom stereocenters. The van der Waals surface area contributed by atoms with E-state index >= 15 is 0 Å². The van der Waals surface area contributed by atoms with Crippen molar-refractivity contribution in [2.45, 2.75) is 34.1 Å². The van der Waals surface area contributed by atoms with Gasteiger partial charge in [-0.2, -0.15) is 0 Å². The number of hydrogen-bond donors (Lipinski definition) is 2. The van der Waals surface area contributed by atoms with Crippen LogP contribution in [0.4, 0.5) is 0 Å². The minimum absolute atomic E-state index is 0.147. The maximum atomic E-state index is 9.69. The van der Waals surface area contributed by atoms with Gasteiger partial charge in [-0.25, -0.2) is 0 Å². The van der Waals surface area contributed by atoms with E-state index in [1.807, 2.05) is 0 Å². The molecule has 2 nitrogen and oxygen atoms in total. The molecule has 3 N–H and O–H groups in total. The second-order valence-electron chi connectivity index (χ2n) is 5.49. The fraction of sp³-hybridized carbons (Fsp3) is 0.600. The lowest BCUT2D eigenvalue weighted by Crippen LogP contribution is -2.41. The summed E-state index contributed by atoms with van der Waals surface area (Å²) in [6.45, 7) is 9.15.